The summed E-state index contributed by atoms with van der Waals surface area (Å²) in [7, 11) is 2.54. The molecule has 4 aromatic rings. The molecule has 3 heterocycles. The molecule has 1 saturated heterocycles. The van der Waals surface area contributed by atoms with E-state index in [0.29, 0.717) is 0 Å². The summed E-state index contributed by atoms with van der Waals surface area (Å²) in [5.41, 5.74) is -2.24. The first-order valence-electron chi connectivity index (χ1n) is 9.72. The SMILES string of the molecule is COc1cc2c(=O)oc3c(OC4OCC(O)C(O)C4O)c(OC)cc4c(=O)oc(c1O)c2c34. The molecule has 4 atom stereocenters. The standard InChI is InChI=1S/C21H18O12/c1-28-9-3-6-11-12-7(19(26)31-17(11)14(9)24)4-10(29-2)16(18(12)32-20(6)27)33-21-15(25)13(23)8(22)5-30-21/h3-4,8,13,15,21-25H,5H2,1-2H3. The smallest absolute Gasteiger partial charge is 0.344 e. The van der Waals surface area contributed by atoms with Gasteiger partial charge < -0.3 is 48.2 Å². The van der Waals surface area contributed by atoms with Gasteiger partial charge >= 0.3 is 11.3 Å². The summed E-state index contributed by atoms with van der Waals surface area (Å²) in [6.07, 6.45) is -6.00. The van der Waals surface area contributed by atoms with Crippen molar-refractivity contribution in [3.63, 3.8) is 0 Å². The molecule has 1 fully saturated rings. The molecule has 0 saturated carbocycles. The Labute approximate surface area is 183 Å². The molecule has 174 valence electrons. The molecule has 0 bridgehead atoms. The number of rotatable bonds is 4. The van der Waals surface area contributed by atoms with Gasteiger partial charge in [0.05, 0.1) is 31.6 Å². The number of hydrogen-bond acceptors (Lipinski definition) is 12. The van der Waals surface area contributed by atoms with Crippen molar-refractivity contribution in [3.05, 3.63) is 33.0 Å². The number of aliphatic hydroxyl groups is 3. The molecule has 0 radical (unpaired) electrons. The van der Waals surface area contributed by atoms with E-state index in [-0.39, 0.29) is 56.6 Å². The molecule has 33 heavy (non-hydrogen) atoms. The second-order valence-electron chi connectivity index (χ2n) is 7.49. The average molecular weight is 462 g/mol. The zero-order chi connectivity index (χ0) is 23.6. The number of phenolic OH excluding ortho intramolecular Hbond substituents is 1. The lowest BCUT2D eigenvalue weighted by atomic mass is 10.0. The highest BCUT2D eigenvalue weighted by Gasteiger charge is 2.40. The molecular formula is C21H18O12. The molecule has 2 aromatic carbocycles. The minimum atomic E-state index is -1.65. The van der Waals surface area contributed by atoms with E-state index < -0.39 is 41.6 Å². The fourth-order valence-corrected chi connectivity index (χ4v) is 3.97. The first-order valence-corrected chi connectivity index (χ1v) is 9.72. The predicted molar refractivity (Wildman–Crippen MR) is 110 cm³/mol. The van der Waals surface area contributed by atoms with Crippen molar-refractivity contribution in [1.82, 2.24) is 0 Å². The lowest BCUT2D eigenvalue weighted by molar-refractivity contribution is -0.242. The fraction of sp³-hybridized carbons (Fsp3) is 0.333. The van der Waals surface area contributed by atoms with Crippen LogP contribution in [0.1, 0.15) is 0 Å². The van der Waals surface area contributed by atoms with Crippen LogP contribution in [0.5, 0.6) is 23.0 Å². The lowest BCUT2D eigenvalue weighted by Crippen LogP contribution is -2.54. The van der Waals surface area contributed by atoms with Crippen LogP contribution in [-0.2, 0) is 4.74 Å². The van der Waals surface area contributed by atoms with Crippen LogP contribution in [-0.4, -0.2) is 65.9 Å². The van der Waals surface area contributed by atoms with E-state index in [1.165, 1.54) is 26.4 Å². The van der Waals surface area contributed by atoms with Gasteiger partial charge in [-0.2, -0.15) is 0 Å². The van der Waals surface area contributed by atoms with Crippen LogP contribution in [0.4, 0.5) is 0 Å². The van der Waals surface area contributed by atoms with Crippen LogP contribution >= 0.6 is 0 Å². The van der Waals surface area contributed by atoms with Crippen LogP contribution in [0.3, 0.4) is 0 Å². The van der Waals surface area contributed by atoms with E-state index in [2.05, 4.69) is 0 Å². The highest BCUT2D eigenvalue weighted by atomic mass is 16.7. The topological polar surface area (TPSA) is 178 Å². The molecule has 4 unspecified atom stereocenters. The maximum atomic E-state index is 12.9. The summed E-state index contributed by atoms with van der Waals surface area (Å²) in [6, 6.07) is 2.53. The summed E-state index contributed by atoms with van der Waals surface area (Å²) in [4.78, 5) is 25.6. The average Bonchev–Trinajstić information content (AvgIpc) is 2.80. The van der Waals surface area contributed by atoms with Crippen molar-refractivity contribution < 1.29 is 48.2 Å². The molecule has 1 aliphatic heterocycles. The van der Waals surface area contributed by atoms with Gasteiger partial charge in [0.25, 0.3) is 0 Å². The van der Waals surface area contributed by atoms with Gasteiger partial charge in [-0.3, -0.25) is 0 Å². The summed E-state index contributed by atoms with van der Waals surface area (Å²) in [6.45, 7) is -0.335. The first-order chi connectivity index (χ1) is 15.8. The number of aliphatic hydroxyl groups excluding tert-OH is 3. The Kier molecular flexibility index (Phi) is 4.83. The molecule has 0 spiro atoms. The Balaban J connectivity index is 1.84. The third-order valence-corrected chi connectivity index (χ3v) is 5.63. The van der Waals surface area contributed by atoms with Crippen LogP contribution in [0.2, 0.25) is 0 Å². The lowest BCUT2D eigenvalue weighted by Gasteiger charge is -2.35. The number of hydrogen-bond donors (Lipinski definition) is 4. The second kappa shape index (κ2) is 7.49. The molecule has 12 nitrogen and oxygen atoms in total. The summed E-state index contributed by atoms with van der Waals surface area (Å²) >= 11 is 0. The predicted octanol–water partition coefficient (Wildman–Crippen LogP) is 0.0310. The summed E-state index contributed by atoms with van der Waals surface area (Å²) < 4.78 is 32.1. The molecule has 5 rings (SSSR count). The Morgan fingerprint density at radius 1 is 0.879 bits per heavy atom. The van der Waals surface area contributed by atoms with Crippen molar-refractivity contribution in [2.24, 2.45) is 0 Å². The quantitative estimate of drug-likeness (QED) is 0.237. The van der Waals surface area contributed by atoms with E-state index >= 15 is 0 Å². The monoisotopic (exact) mass is 462 g/mol. The van der Waals surface area contributed by atoms with Gasteiger partial charge in [-0.25, -0.2) is 9.59 Å². The van der Waals surface area contributed by atoms with Gasteiger partial charge in [-0.05, 0) is 12.1 Å². The third-order valence-electron chi connectivity index (χ3n) is 5.63. The number of methoxy groups -OCH3 is 2. The molecule has 2 aromatic heterocycles. The Bertz CT molecular complexity index is 1480. The number of aromatic hydroxyl groups is 1. The van der Waals surface area contributed by atoms with E-state index in [0.717, 1.165) is 0 Å². The highest BCUT2D eigenvalue weighted by Crippen LogP contribution is 2.46. The van der Waals surface area contributed by atoms with Crippen molar-refractivity contribution in [2.45, 2.75) is 24.6 Å². The Morgan fingerprint density at radius 2 is 1.45 bits per heavy atom. The van der Waals surface area contributed by atoms with Gasteiger partial charge in [0.1, 0.15) is 18.3 Å². The largest absolute Gasteiger partial charge is 0.502 e. The Hall–Kier alpha value is -3.58. The normalized spacial score (nSPS) is 23.4. The van der Waals surface area contributed by atoms with Crippen LogP contribution in [0.15, 0.2) is 30.6 Å². The maximum Gasteiger partial charge on any atom is 0.344 e. The van der Waals surface area contributed by atoms with Crippen LogP contribution in [0, 0.1) is 0 Å². The van der Waals surface area contributed by atoms with E-state index in [1.54, 1.807) is 0 Å². The van der Waals surface area contributed by atoms with E-state index in [4.69, 9.17) is 27.8 Å². The summed E-state index contributed by atoms with van der Waals surface area (Å²) in [5, 5.41) is 40.5. The molecule has 12 heteroatoms. The number of benzene rings is 2. The van der Waals surface area contributed by atoms with E-state index in [1.807, 2.05) is 0 Å². The first kappa shape index (κ1) is 21.3. The fourth-order valence-electron chi connectivity index (χ4n) is 3.97. The van der Waals surface area contributed by atoms with Gasteiger partial charge in [-0.1, -0.05) is 0 Å². The van der Waals surface area contributed by atoms with Gasteiger partial charge in [0.2, 0.25) is 17.8 Å². The van der Waals surface area contributed by atoms with Crippen LogP contribution < -0.4 is 25.5 Å². The zero-order valence-corrected chi connectivity index (χ0v) is 17.2. The molecule has 4 N–H and O–H groups in total. The van der Waals surface area contributed by atoms with Crippen molar-refractivity contribution in [1.29, 1.82) is 0 Å². The highest BCUT2D eigenvalue weighted by molar-refractivity contribution is 6.22. The zero-order valence-electron chi connectivity index (χ0n) is 17.2. The number of phenols is 1. The second-order valence-corrected chi connectivity index (χ2v) is 7.49. The van der Waals surface area contributed by atoms with Gasteiger partial charge in [0.15, 0.2) is 22.7 Å². The van der Waals surface area contributed by atoms with Crippen molar-refractivity contribution >= 4 is 32.7 Å². The minimum absolute atomic E-state index is 0.0236. The molecular weight excluding hydrogens is 444 g/mol. The third kappa shape index (κ3) is 2.99. The maximum absolute atomic E-state index is 12.9. The van der Waals surface area contributed by atoms with Gasteiger partial charge in [0, 0.05) is 10.8 Å². The van der Waals surface area contributed by atoms with E-state index in [9.17, 15) is 30.0 Å². The summed E-state index contributed by atoms with van der Waals surface area (Å²) in [5.74, 6) is -0.859. The molecule has 0 amide bonds. The molecule has 1 aliphatic rings. The minimum Gasteiger partial charge on any atom is -0.502 e. The number of ether oxygens (including phenoxy) is 4. The molecule has 0 aliphatic carbocycles. The van der Waals surface area contributed by atoms with Crippen molar-refractivity contribution in [2.75, 3.05) is 20.8 Å². The van der Waals surface area contributed by atoms with Crippen molar-refractivity contribution in [3.8, 4) is 23.0 Å². The Morgan fingerprint density at radius 3 is 2.09 bits per heavy atom. The van der Waals surface area contributed by atoms with Gasteiger partial charge in [-0.15, -0.1) is 0 Å². The van der Waals surface area contributed by atoms with Crippen LogP contribution in [0.25, 0.3) is 32.7 Å².